The summed E-state index contributed by atoms with van der Waals surface area (Å²) >= 11 is 1.45. The number of para-hydroxylation sites is 3. The number of amides is 1. The normalized spacial score (nSPS) is 12.8. The number of nitrogens with two attached hydrogens (primary N) is 3. The van der Waals surface area contributed by atoms with Crippen molar-refractivity contribution in [1.82, 2.24) is 49.5 Å². The number of hydrogen-bond acceptors (Lipinski definition) is 15. The Morgan fingerprint density at radius 1 is 0.707 bits per heavy atom. The van der Waals surface area contributed by atoms with Crippen molar-refractivity contribution in [2.24, 2.45) is 11.5 Å². The molecule has 0 unspecified atom stereocenters. The molecule has 2 atom stereocenters. The number of rotatable bonds is 10. The number of halogens is 3. The van der Waals surface area contributed by atoms with E-state index in [4.69, 9.17) is 35.0 Å². The van der Waals surface area contributed by atoms with Crippen LogP contribution in [-0.2, 0) is 0 Å². The number of H-pyrrole nitrogens is 1. The van der Waals surface area contributed by atoms with Gasteiger partial charge in [-0.3, -0.25) is 30.1 Å². The van der Waals surface area contributed by atoms with Crippen molar-refractivity contribution < 1.29 is 14.6 Å². The molecule has 2 radical (unpaired) electrons. The Labute approximate surface area is 464 Å². The fourth-order valence-electron chi connectivity index (χ4n) is 6.42. The van der Waals surface area contributed by atoms with E-state index in [0.29, 0.717) is 23.1 Å². The van der Waals surface area contributed by atoms with Crippen LogP contribution in [0.3, 0.4) is 0 Å². The van der Waals surface area contributed by atoms with Gasteiger partial charge in [-0.25, -0.2) is 19.0 Å². The van der Waals surface area contributed by atoms with Gasteiger partial charge in [-0.15, -0.1) is 0 Å². The Bertz CT molecular complexity index is 3030. The van der Waals surface area contributed by atoms with Crippen molar-refractivity contribution in [2.45, 2.75) is 52.6 Å². The molecule has 5 aromatic heterocycles. The molecule has 5 heterocycles. The fraction of sp³-hybridized carbons (Fsp3) is 0.163. The fourth-order valence-corrected chi connectivity index (χ4v) is 6.84. The summed E-state index contributed by atoms with van der Waals surface area (Å²) in [6, 6.07) is 39.2. The third kappa shape index (κ3) is 21.1. The topological polar surface area (TPSA) is 313 Å². The van der Waals surface area contributed by atoms with Gasteiger partial charge >= 0.3 is 48.1 Å². The van der Waals surface area contributed by atoms with Gasteiger partial charge in [0.15, 0.2) is 0 Å². The van der Waals surface area contributed by atoms with Crippen LogP contribution in [0, 0.1) is 23.8 Å². The minimum atomic E-state index is -0.826. The van der Waals surface area contributed by atoms with Gasteiger partial charge in [-0.2, -0.15) is 25.4 Å². The molecule has 0 aliphatic heterocycles. The molecule has 22 nitrogen and oxygen atoms in total. The van der Waals surface area contributed by atoms with E-state index in [-0.39, 0.29) is 43.9 Å². The number of hydrogen-bond donors (Lipinski definition) is 6. The molecule has 0 spiro atoms. The maximum absolute atomic E-state index is 11.8. The van der Waals surface area contributed by atoms with Crippen molar-refractivity contribution in [1.29, 1.82) is 0 Å². The van der Waals surface area contributed by atoms with Gasteiger partial charge in [0.1, 0.15) is 30.0 Å². The number of carbonyl (C=O) groups is 1. The van der Waals surface area contributed by atoms with Crippen LogP contribution in [0.1, 0.15) is 50.9 Å². The van der Waals surface area contributed by atoms with Crippen molar-refractivity contribution in [3.05, 3.63) is 206 Å². The number of nitrogens with one attached hydrogen (secondary N) is 3. The second kappa shape index (κ2) is 33.4. The van der Waals surface area contributed by atoms with Crippen LogP contribution in [0.2, 0.25) is 0 Å². The first-order valence-electron chi connectivity index (χ1n) is 21.8. The van der Waals surface area contributed by atoms with Gasteiger partial charge < -0.3 is 27.8 Å². The van der Waals surface area contributed by atoms with Crippen LogP contribution >= 0.6 is 40.4 Å². The van der Waals surface area contributed by atoms with E-state index in [1.54, 1.807) is 28.0 Å². The molecular weight excluding hydrogens is 1220 g/mol. The van der Waals surface area contributed by atoms with Crippen LogP contribution in [-0.4, -0.2) is 96.2 Å². The number of benzene rings is 4. The van der Waals surface area contributed by atoms with Crippen LogP contribution in [0.25, 0.3) is 17.1 Å². The van der Waals surface area contributed by atoms with Crippen molar-refractivity contribution >= 4 is 99.7 Å². The molecule has 392 valence electrons. The SMILES string of the molecule is C.C.Ic1ccccc1.NC(=O)c1cnc(N[C@@H]2CCCC[C@@H]2N)nc1Nc1cnn(-c2ccccc2)c1.Nc1cnn(-c2ccccc2)c1.O=[N+]([O-])c1cn[nH]c1.O=[N+]([O-])c1cnn(-c2ccccc2)c1.[Cl][Sn][Cl]. The molecule has 1 aliphatic rings. The second-order valence-electron chi connectivity index (χ2n) is 15.0. The average Bonchev–Trinajstić information content (AvgIpc) is 4.27. The summed E-state index contributed by atoms with van der Waals surface area (Å²) in [6.07, 6.45) is 17.5. The number of aromatic amines is 1. The molecule has 9 N–H and O–H groups in total. The third-order valence-electron chi connectivity index (χ3n) is 9.91. The molecule has 1 aliphatic carbocycles. The summed E-state index contributed by atoms with van der Waals surface area (Å²) in [7, 11) is 9.87. The molecule has 1 saturated carbocycles. The summed E-state index contributed by atoms with van der Waals surface area (Å²) in [5.74, 6) is 0.131. The summed E-state index contributed by atoms with van der Waals surface area (Å²) in [5.41, 5.74) is 21.5. The Hall–Kier alpha value is -7.46. The van der Waals surface area contributed by atoms with E-state index in [0.717, 1.165) is 48.9 Å². The first-order chi connectivity index (χ1) is 35.3. The molecule has 1 amide bonds. The Kier molecular flexibility index (Phi) is 27.5. The van der Waals surface area contributed by atoms with Crippen molar-refractivity contribution in [3.8, 4) is 17.1 Å². The van der Waals surface area contributed by atoms with Crippen LogP contribution in [0.15, 0.2) is 177 Å². The zero-order chi connectivity index (χ0) is 52.4. The molecule has 1 fully saturated rings. The first kappa shape index (κ1) is 61.8. The molecule has 10 rings (SSSR count). The maximum atomic E-state index is 11.8. The summed E-state index contributed by atoms with van der Waals surface area (Å²) in [5, 5.41) is 44.6. The minimum absolute atomic E-state index is 0. The summed E-state index contributed by atoms with van der Waals surface area (Å²) < 4.78 is 6.24. The first-order valence-corrected chi connectivity index (χ1v) is 30.1. The predicted octanol–water partition coefficient (Wildman–Crippen LogP) is 10.3. The van der Waals surface area contributed by atoms with Crippen LogP contribution in [0.5, 0.6) is 0 Å². The molecular formula is C49H56Cl2IN17O5Sn. The standard InChI is InChI=1S/C20H24N8O.C9H7N3O2.C9H9N3.C6H5I.C3H3N3O2.2CH4.2ClH.Sn/c21-16-8-4-5-9-17(16)26-20-23-11-15(18(22)29)19(27-20)25-13-10-24-28(12-13)14-6-2-1-3-7-14;13-12(14)9-6-10-11(7-9)8-4-2-1-3-5-8;10-8-6-11-12(7-8)9-4-2-1-3-5-9;7-6-4-2-1-3-5-6;7-6(8)3-1-4-5-2-3;;;;;/h1-3,6-7,10-12,16-17H,4-5,8-9,21H2,(H2,22,29)(H2,23,25,26,27);1-7H;1-7H,10H2;1-5H;1-2H,(H,4,5);2*1H4;2*1H;/q;;;;;;;;;+2/p-2/t16-,17+;;;;;;;;;/m0........./s1. The average molecular weight is 1280 g/mol. The molecule has 4 aromatic carbocycles. The van der Waals surface area contributed by atoms with E-state index in [1.807, 2.05) is 115 Å². The number of nitrogens with zero attached hydrogens (tertiary/aromatic N) is 11. The van der Waals surface area contributed by atoms with Crippen LogP contribution < -0.4 is 27.8 Å². The third-order valence-corrected chi connectivity index (χ3v) is 10.6. The molecule has 0 saturated heterocycles. The van der Waals surface area contributed by atoms with Gasteiger partial charge in [0.2, 0.25) is 5.95 Å². The predicted molar refractivity (Wildman–Crippen MR) is 305 cm³/mol. The van der Waals surface area contributed by atoms with Crippen molar-refractivity contribution in [3.63, 3.8) is 0 Å². The molecule has 26 heteroatoms. The summed E-state index contributed by atoms with van der Waals surface area (Å²) in [6.45, 7) is 0. The molecule has 0 bridgehead atoms. The zero-order valence-corrected chi connectivity index (χ0v) is 45.1. The number of primary amides is 1. The van der Waals surface area contributed by atoms with Gasteiger partial charge in [0.05, 0.1) is 69.3 Å². The number of nitro groups is 2. The Balaban J connectivity index is 0.000000269. The Morgan fingerprint density at radius 2 is 1.20 bits per heavy atom. The second-order valence-corrected chi connectivity index (χ2v) is 20.5. The van der Waals surface area contributed by atoms with E-state index < -0.39 is 34.6 Å². The quantitative estimate of drug-likeness (QED) is 0.0321. The van der Waals surface area contributed by atoms with E-state index in [1.165, 1.54) is 33.0 Å². The number of nitrogen functional groups attached to an aromatic ring is 1. The van der Waals surface area contributed by atoms with Crippen molar-refractivity contribution in [2.75, 3.05) is 16.4 Å². The van der Waals surface area contributed by atoms with E-state index in [9.17, 15) is 25.0 Å². The van der Waals surface area contributed by atoms with E-state index in [2.05, 4.69) is 80.8 Å². The zero-order valence-electron chi connectivity index (χ0n) is 38.6. The number of anilines is 4. The van der Waals surface area contributed by atoms with Gasteiger partial charge in [0, 0.05) is 21.9 Å². The van der Waals surface area contributed by atoms with Gasteiger partial charge in [-0.1, -0.05) is 100 Å². The summed E-state index contributed by atoms with van der Waals surface area (Å²) in [4.78, 5) is 39.8. The van der Waals surface area contributed by atoms with E-state index >= 15 is 0 Å². The Morgan fingerprint density at radius 3 is 1.63 bits per heavy atom. The van der Waals surface area contributed by atoms with Gasteiger partial charge in [0.25, 0.3) is 5.91 Å². The van der Waals surface area contributed by atoms with Gasteiger partial charge in [-0.05, 0) is 84.0 Å². The number of carbonyl (C=O) groups excluding carboxylic acids is 1. The monoisotopic (exact) mass is 1280 g/mol. The van der Waals surface area contributed by atoms with Crippen LogP contribution in [0.4, 0.5) is 34.5 Å². The number of aromatic nitrogens is 10. The molecule has 75 heavy (non-hydrogen) atoms. The molecule has 9 aromatic rings.